The lowest BCUT2D eigenvalue weighted by Crippen LogP contribution is -2.25. The highest BCUT2D eigenvalue weighted by Crippen LogP contribution is 2.25. The zero-order chi connectivity index (χ0) is 18.5. The van der Waals surface area contributed by atoms with E-state index < -0.39 is 24.0 Å². The molecule has 2 unspecified atom stereocenters. The highest BCUT2D eigenvalue weighted by molar-refractivity contribution is 8.76. The normalized spacial score (nSPS) is 13.8. The zero-order valence-electron chi connectivity index (χ0n) is 15.0. The predicted octanol–water partition coefficient (Wildman–Crippen LogP) is 0.631. The van der Waals surface area contributed by atoms with Crippen LogP contribution in [-0.2, 0) is 19.1 Å². The van der Waals surface area contributed by atoms with Crippen LogP contribution in [0.1, 0.15) is 0 Å². The first-order valence-corrected chi connectivity index (χ1v) is 9.60. The SMILES string of the molecule is COC(=O)C(CSSCC(N=CN(C)C)C(=O)OC)N=CN(C)C. The van der Waals surface area contributed by atoms with Gasteiger partial charge in [-0.05, 0) is 0 Å². The van der Waals surface area contributed by atoms with Crippen LogP contribution < -0.4 is 0 Å². The fourth-order valence-electron chi connectivity index (χ4n) is 1.27. The van der Waals surface area contributed by atoms with Gasteiger partial charge in [-0.25, -0.2) is 9.59 Å². The smallest absolute Gasteiger partial charge is 0.331 e. The second-order valence-electron chi connectivity index (χ2n) is 5.10. The Hall–Kier alpha value is -1.42. The number of hydrogen-bond donors (Lipinski definition) is 0. The quantitative estimate of drug-likeness (QED) is 0.170. The van der Waals surface area contributed by atoms with E-state index in [1.165, 1.54) is 35.8 Å². The van der Waals surface area contributed by atoms with Crippen molar-refractivity contribution in [3.8, 4) is 0 Å². The molecule has 0 saturated heterocycles. The predicted molar refractivity (Wildman–Crippen MR) is 101 cm³/mol. The highest BCUT2D eigenvalue weighted by Gasteiger charge is 2.20. The summed E-state index contributed by atoms with van der Waals surface area (Å²) in [6, 6.07) is -1.17. The number of carbonyl (C=O) groups is 2. The van der Waals surface area contributed by atoms with Crippen molar-refractivity contribution in [1.82, 2.24) is 9.80 Å². The highest BCUT2D eigenvalue weighted by atomic mass is 33.1. The van der Waals surface area contributed by atoms with Gasteiger partial charge in [-0.2, -0.15) is 0 Å². The summed E-state index contributed by atoms with van der Waals surface area (Å²) in [5.41, 5.74) is 0. The number of hydrogen-bond acceptors (Lipinski definition) is 8. The molecule has 0 aromatic carbocycles. The van der Waals surface area contributed by atoms with E-state index in [2.05, 4.69) is 9.98 Å². The fourth-order valence-corrected chi connectivity index (χ4v) is 3.51. The molecule has 0 spiro atoms. The van der Waals surface area contributed by atoms with Gasteiger partial charge in [0.15, 0.2) is 12.1 Å². The molecule has 138 valence electrons. The lowest BCUT2D eigenvalue weighted by molar-refractivity contribution is -0.142. The van der Waals surface area contributed by atoms with E-state index in [9.17, 15) is 9.59 Å². The molecule has 0 aliphatic heterocycles. The maximum atomic E-state index is 11.7. The van der Waals surface area contributed by atoms with Crippen LogP contribution >= 0.6 is 21.6 Å². The lowest BCUT2D eigenvalue weighted by Gasteiger charge is -2.13. The summed E-state index contributed by atoms with van der Waals surface area (Å²) in [5, 5.41) is 0. The van der Waals surface area contributed by atoms with E-state index in [0.29, 0.717) is 11.5 Å². The van der Waals surface area contributed by atoms with Gasteiger partial charge in [0, 0.05) is 39.7 Å². The average Bonchev–Trinajstić information content (AvgIpc) is 2.54. The summed E-state index contributed by atoms with van der Waals surface area (Å²) in [6.45, 7) is 0. The Balaban J connectivity index is 4.51. The molecule has 0 aromatic heterocycles. The standard InChI is InChI=1S/C14H26N4O4S2/c1-17(2)9-15-11(13(19)21-5)7-23-24-8-12(14(20)22-6)16-10-18(3)4/h9-12H,7-8H2,1-6H3. The van der Waals surface area contributed by atoms with E-state index in [1.807, 2.05) is 28.2 Å². The number of carbonyl (C=O) groups excluding carboxylic acids is 2. The molecule has 0 rings (SSSR count). The largest absolute Gasteiger partial charge is 0.467 e. The van der Waals surface area contributed by atoms with Crippen LogP contribution in [0.15, 0.2) is 9.98 Å². The molecule has 8 nitrogen and oxygen atoms in total. The Labute approximate surface area is 151 Å². The van der Waals surface area contributed by atoms with Gasteiger partial charge in [-0.15, -0.1) is 0 Å². The van der Waals surface area contributed by atoms with Gasteiger partial charge in [0.25, 0.3) is 0 Å². The summed E-state index contributed by atoms with van der Waals surface area (Å²) in [5.74, 6) is 0.0904. The zero-order valence-corrected chi connectivity index (χ0v) is 16.6. The second-order valence-corrected chi connectivity index (χ2v) is 7.66. The maximum Gasteiger partial charge on any atom is 0.331 e. The Kier molecular flexibility index (Phi) is 12.2. The van der Waals surface area contributed by atoms with Gasteiger partial charge < -0.3 is 19.3 Å². The third-order valence-electron chi connectivity index (χ3n) is 2.44. The number of rotatable bonds is 11. The van der Waals surface area contributed by atoms with Crippen molar-refractivity contribution in [2.24, 2.45) is 9.98 Å². The maximum absolute atomic E-state index is 11.7. The molecule has 0 radical (unpaired) electrons. The third-order valence-corrected chi connectivity index (χ3v) is 4.82. The van der Waals surface area contributed by atoms with Gasteiger partial charge in [0.05, 0.1) is 26.9 Å². The number of nitrogens with zero attached hydrogens (tertiary/aromatic N) is 4. The van der Waals surface area contributed by atoms with Crippen LogP contribution in [0.25, 0.3) is 0 Å². The first kappa shape index (κ1) is 22.6. The minimum Gasteiger partial charge on any atom is -0.467 e. The van der Waals surface area contributed by atoms with Gasteiger partial charge in [0.2, 0.25) is 0 Å². The van der Waals surface area contributed by atoms with Crippen molar-refractivity contribution in [2.75, 3.05) is 53.9 Å². The fraction of sp³-hybridized carbons (Fsp3) is 0.714. The first-order chi connectivity index (χ1) is 11.3. The molecule has 0 heterocycles. The van der Waals surface area contributed by atoms with Crippen molar-refractivity contribution in [3.63, 3.8) is 0 Å². The Morgan fingerprint density at radius 3 is 1.46 bits per heavy atom. The van der Waals surface area contributed by atoms with E-state index in [-0.39, 0.29) is 0 Å². The molecule has 2 atom stereocenters. The number of aliphatic imine (C=N–C) groups is 2. The Morgan fingerprint density at radius 2 is 1.21 bits per heavy atom. The van der Waals surface area contributed by atoms with E-state index >= 15 is 0 Å². The van der Waals surface area contributed by atoms with Crippen LogP contribution in [0.2, 0.25) is 0 Å². The van der Waals surface area contributed by atoms with Crippen molar-refractivity contribution in [3.05, 3.63) is 0 Å². The monoisotopic (exact) mass is 378 g/mol. The summed E-state index contributed by atoms with van der Waals surface area (Å²) in [4.78, 5) is 35.3. The number of methoxy groups -OCH3 is 2. The minimum atomic E-state index is -0.586. The van der Waals surface area contributed by atoms with Gasteiger partial charge in [-0.3, -0.25) is 9.98 Å². The van der Waals surface area contributed by atoms with Gasteiger partial charge in [-0.1, -0.05) is 21.6 Å². The van der Waals surface area contributed by atoms with Crippen molar-refractivity contribution in [1.29, 1.82) is 0 Å². The van der Waals surface area contributed by atoms with Gasteiger partial charge >= 0.3 is 11.9 Å². The van der Waals surface area contributed by atoms with E-state index in [0.717, 1.165) is 0 Å². The number of esters is 2. The summed E-state index contributed by atoms with van der Waals surface area (Å²) in [7, 11) is 12.8. The molecule has 0 fully saturated rings. The lowest BCUT2D eigenvalue weighted by atomic mass is 10.4. The Bertz CT molecular complexity index is 404. The molecule has 0 aromatic rings. The second kappa shape index (κ2) is 12.9. The molecular formula is C14H26N4O4S2. The molecule has 0 amide bonds. The van der Waals surface area contributed by atoms with Crippen LogP contribution in [-0.4, -0.2) is 100 Å². The van der Waals surface area contributed by atoms with Crippen LogP contribution in [0.4, 0.5) is 0 Å². The van der Waals surface area contributed by atoms with Crippen molar-refractivity contribution in [2.45, 2.75) is 12.1 Å². The van der Waals surface area contributed by atoms with Crippen LogP contribution in [0.5, 0.6) is 0 Å². The molecule has 0 bridgehead atoms. The molecule has 0 aliphatic carbocycles. The summed E-state index contributed by atoms with van der Waals surface area (Å²) in [6.07, 6.45) is 3.15. The van der Waals surface area contributed by atoms with Gasteiger partial charge in [0.1, 0.15) is 0 Å². The average molecular weight is 379 g/mol. The minimum absolute atomic E-state index is 0.392. The summed E-state index contributed by atoms with van der Waals surface area (Å²) >= 11 is 0. The third kappa shape index (κ3) is 10.4. The molecule has 0 aliphatic rings. The van der Waals surface area contributed by atoms with Crippen LogP contribution in [0, 0.1) is 0 Å². The van der Waals surface area contributed by atoms with Crippen molar-refractivity contribution < 1.29 is 19.1 Å². The summed E-state index contributed by atoms with van der Waals surface area (Å²) < 4.78 is 9.49. The van der Waals surface area contributed by atoms with E-state index in [4.69, 9.17) is 9.47 Å². The Morgan fingerprint density at radius 1 is 0.875 bits per heavy atom. The van der Waals surface area contributed by atoms with Crippen LogP contribution in [0.3, 0.4) is 0 Å². The first-order valence-electron chi connectivity index (χ1n) is 7.11. The molecular weight excluding hydrogens is 352 g/mol. The molecule has 0 saturated carbocycles. The topological polar surface area (TPSA) is 83.8 Å². The number of ether oxygens (including phenoxy) is 2. The molecule has 0 N–H and O–H groups in total. The van der Waals surface area contributed by atoms with E-state index in [1.54, 1.807) is 22.5 Å². The molecule has 24 heavy (non-hydrogen) atoms. The molecule has 10 heteroatoms. The van der Waals surface area contributed by atoms with Crippen molar-refractivity contribution >= 4 is 46.2 Å².